The fourth-order valence-corrected chi connectivity index (χ4v) is 2.41. The zero-order chi connectivity index (χ0) is 14.0. The maximum atomic E-state index is 13.1. The molecule has 2 rings (SSSR count). The maximum Gasteiger partial charge on any atom is 0.159 e. The molecular weight excluding hydrogens is 341 g/mol. The number of hydrogen-bond donors (Lipinski definition) is 0. The van der Waals surface area contributed by atoms with Crippen LogP contribution in [-0.2, 0) is 6.42 Å². The lowest BCUT2D eigenvalue weighted by molar-refractivity contribution is 0.507. The summed E-state index contributed by atoms with van der Waals surface area (Å²) in [6.45, 7) is 0. The van der Waals surface area contributed by atoms with E-state index in [1.165, 1.54) is 12.1 Å². The molecule has 0 saturated heterocycles. The molecule has 0 heterocycles. The van der Waals surface area contributed by atoms with Gasteiger partial charge in [0.05, 0.1) is 9.85 Å². The molecule has 2 aromatic carbocycles. The zero-order valence-corrected chi connectivity index (χ0v) is 12.0. The summed E-state index contributed by atoms with van der Waals surface area (Å²) in [6, 6.07) is 8.11. The summed E-state index contributed by atoms with van der Waals surface area (Å²) in [7, 11) is 0. The first-order valence-electron chi connectivity index (χ1n) is 5.50. The summed E-state index contributed by atoms with van der Waals surface area (Å²) in [5.74, 6) is -2.17. The average Bonchev–Trinajstić information content (AvgIpc) is 2.37. The van der Waals surface area contributed by atoms with Crippen LogP contribution in [-0.4, -0.2) is 0 Å². The Labute approximate surface area is 122 Å². The number of halogens is 5. The molecular formula is C14H9BrClF3. The van der Waals surface area contributed by atoms with Gasteiger partial charge in [0.1, 0.15) is 5.82 Å². The zero-order valence-electron chi connectivity index (χ0n) is 9.64. The standard InChI is InChI=1S/C14H9BrClF3/c15-10-7-9(2-4-12(10)17)11(16)5-8-1-3-13(18)14(19)6-8/h1-4,6-7,11H,5H2. The molecule has 0 aromatic heterocycles. The molecule has 0 N–H and O–H groups in total. The monoisotopic (exact) mass is 348 g/mol. The molecule has 0 amide bonds. The van der Waals surface area contributed by atoms with Crippen LogP contribution in [0.25, 0.3) is 0 Å². The lowest BCUT2D eigenvalue weighted by atomic mass is 10.0. The van der Waals surface area contributed by atoms with Crippen molar-refractivity contribution in [1.29, 1.82) is 0 Å². The highest BCUT2D eigenvalue weighted by atomic mass is 79.9. The first kappa shape index (κ1) is 14.4. The third-order valence-electron chi connectivity index (χ3n) is 2.70. The van der Waals surface area contributed by atoms with Crippen LogP contribution >= 0.6 is 27.5 Å². The molecule has 0 aliphatic heterocycles. The van der Waals surface area contributed by atoms with Gasteiger partial charge in [0.25, 0.3) is 0 Å². The van der Waals surface area contributed by atoms with Gasteiger partial charge in [0.2, 0.25) is 0 Å². The SMILES string of the molecule is Fc1ccc(CC(Cl)c2ccc(F)c(Br)c2)cc1F. The third-order valence-corrected chi connectivity index (χ3v) is 3.72. The van der Waals surface area contributed by atoms with Crippen LogP contribution in [0.4, 0.5) is 13.2 Å². The Morgan fingerprint density at radius 3 is 2.26 bits per heavy atom. The first-order chi connectivity index (χ1) is 8.97. The molecule has 100 valence electrons. The topological polar surface area (TPSA) is 0 Å². The maximum absolute atomic E-state index is 13.1. The Kier molecular flexibility index (Phi) is 4.53. The van der Waals surface area contributed by atoms with E-state index in [4.69, 9.17) is 11.6 Å². The van der Waals surface area contributed by atoms with Crippen molar-refractivity contribution in [2.24, 2.45) is 0 Å². The van der Waals surface area contributed by atoms with Crippen molar-refractivity contribution in [1.82, 2.24) is 0 Å². The summed E-state index contributed by atoms with van der Waals surface area (Å²) in [5.41, 5.74) is 1.29. The van der Waals surface area contributed by atoms with Crippen molar-refractivity contribution in [2.45, 2.75) is 11.8 Å². The molecule has 0 bridgehead atoms. The first-order valence-corrected chi connectivity index (χ1v) is 6.73. The van der Waals surface area contributed by atoms with Gasteiger partial charge < -0.3 is 0 Å². The van der Waals surface area contributed by atoms with E-state index in [2.05, 4.69) is 15.9 Å². The highest BCUT2D eigenvalue weighted by Crippen LogP contribution is 2.28. The molecule has 5 heteroatoms. The van der Waals surface area contributed by atoms with Crippen LogP contribution in [0, 0.1) is 17.5 Å². The highest BCUT2D eigenvalue weighted by molar-refractivity contribution is 9.10. The predicted molar refractivity (Wildman–Crippen MR) is 72.8 cm³/mol. The van der Waals surface area contributed by atoms with Gasteiger partial charge in [0.15, 0.2) is 11.6 Å². The summed E-state index contributed by atoms with van der Waals surface area (Å²) in [4.78, 5) is 0. The highest BCUT2D eigenvalue weighted by Gasteiger charge is 2.12. The van der Waals surface area contributed by atoms with E-state index in [1.807, 2.05) is 0 Å². The number of rotatable bonds is 3. The van der Waals surface area contributed by atoms with Gasteiger partial charge in [-0.05, 0) is 57.7 Å². The van der Waals surface area contributed by atoms with Crippen molar-refractivity contribution in [3.05, 3.63) is 69.4 Å². The Balaban J connectivity index is 2.17. The molecule has 0 aliphatic carbocycles. The van der Waals surface area contributed by atoms with Gasteiger partial charge in [-0.2, -0.15) is 0 Å². The lowest BCUT2D eigenvalue weighted by Crippen LogP contribution is -1.98. The summed E-state index contributed by atoms with van der Waals surface area (Å²) in [6.07, 6.45) is 0.330. The van der Waals surface area contributed by atoms with Crippen LogP contribution < -0.4 is 0 Å². The molecule has 1 unspecified atom stereocenters. The Hall–Kier alpha value is -1.00. The molecule has 0 fully saturated rings. The summed E-state index contributed by atoms with van der Waals surface area (Å²) in [5, 5.41) is -0.443. The molecule has 0 spiro atoms. The van der Waals surface area contributed by atoms with E-state index >= 15 is 0 Å². The van der Waals surface area contributed by atoms with Gasteiger partial charge in [-0.3, -0.25) is 0 Å². The largest absolute Gasteiger partial charge is 0.206 e. The normalized spacial score (nSPS) is 12.5. The molecule has 19 heavy (non-hydrogen) atoms. The predicted octanol–water partition coefficient (Wildman–Crippen LogP) is 5.39. The number of benzene rings is 2. The second kappa shape index (κ2) is 5.97. The smallest absolute Gasteiger partial charge is 0.159 e. The Morgan fingerprint density at radius 1 is 0.947 bits per heavy atom. The molecule has 2 aromatic rings. The van der Waals surface area contributed by atoms with Gasteiger partial charge in [-0.25, -0.2) is 13.2 Å². The number of alkyl halides is 1. The Morgan fingerprint density at radius 2 is 1.63 bits per heavy atom. The summed E-state index contributed by atoms with van der Waals surface area (Å²) >= 11 is 9.28. The van der Waals surface area contributed by atoms with Gasteiger partial charge >= 0.3 is 0 Å². The van der Waals surface area contributed by atoms with E-state index in [9.17, 15) is 13.2 Å². The van der Waals surface area contributed by atoms with Crippen LogP contribution in [0.1, 0.15) is 16.5 Å². The van der Waals surface area contributed by atoms with Crippen LogP contribution in [0.3, 0.4) is 0 Å². The van der Waals surface area contributed by atoms with Crippen molar-refractivity contribution in [3.8, 4) is 0 Å². The number of hydrogen-bond acceptors (Lipinski definition) is 0. The fraction of sp³-hybridized carbons (Fsp3) is 0.143. The van der Waals surface area contributed by atoms with Gasteiger partial charge in [-0.15, -0.1) is 11.6 Å². The average molecular weight is 350 g/mol. The lowest BCUT2D eigenvalue weighted by Gasteiger charge is -2.11. The molecule has 0 aliphatic rings. The minimum absolute atomic E-state index is 0.320. The van der Waals surface area contributed by atoms with E-state index < -0.39 is 17.0 Å². The van der Waals surface area contributed by atoms with Gasteiger partial charge in [0, 0.05) is 0 Å². The van der Waals surface area contributed by atoms with E-state index in [0.717, 1.165) is 12.1 Å². The van der Waals surface area contributed by atoms with Crippen molar-refractivity contribution < 1.29 is 13.2 Å². The minimum atomic E-state index is -0.901. The van der Waals surface area contributed by atoms with E-state index in [-0.39, 0.29) is 5.82 Å². The minimum Gasteiger partial charge on any atom is -0.206 e. The molecule has 0 saturated carbocycles. The van der Waals surface area contributed by atoms with Crippen molar-refractivity contribution in [2.75, 3.05) is 0 Å². The molecule has 0 nitrogen and oxygen atoms in total. The van der Waals surface area contributed by atoms with Crippen molar-refractivity contribution >= 4 is 27.5 Å². The van der Waals surface area contributed by atoms with E-state index in [1.54, 1.807) is 12.1 Å². The van der Waals surface area contributed by atoms with Crippen LogP contribution in [0.15, 0.2) is 40.9 Å². The summed E-state index contributed by atoms with van der Waals surface area (Å²) < 4.78 is 39.3. The fourth-order valence-electron chi connectivity index (χ4n) is 1.70. The Bertz CT molecular complexity index is 601. The van der Waals surface area contributed by atoms with E-state index in [0.29, 0.717) is 22.0 Å². The third kappa shape index (κ3) is 3.51. The second-order valence-corrected chi connectivity index (χ2v) is 5.47. The van der Waals surface area contributed by atoms with Crippen molar-refractivity contribution in [3.63, 3.8) is 0 Å². The van der Waals surface area contributed by atoms with Gasteiger partial charge in [-0.1, -0.05) is 12.1 Å². The van der Waals surface area contributed by atoms with Crippen LogP contribution in [0.5, 0.6) is 0 Å². The second-order valence-electron chi connectivity index (χ2n) is 4.09. The van der Waals surface area contributed by atoms with Crippen LogP contribution in [0.2, 0.25) is 0 Å². The molecule has 0 radical (unpaired) electrons. The molecule has 1 atom stereocenters. The quantitative estimate of drug-likeness (QED) is 0.652.